The van der Waals surface area contributed by atoms with Crippen molar-refractivity contribution < 1.29 is 24.3 Å². The lowest BCUT2D eigenvalue weighted by Gasteiger charge is -2.49. The number of nitrogens with one attached hydrogen (secondary N) is 1. The number of carbonyl (C=O) groups excluding carboxylic acids is 2. The van der Waals surface area contributed by atoms with E-state index in [9.17, 15) is 19.5 Å². The third kappa shape index (κ3) is 3.64. The lowest BCUT2D eigenvalue weighted by atomic mass is 10.0. The number of hydrogen-bond donors (Lipinski definition) is 2. The van der Waals surface area contributed by atoms with E-state index in [0.29, 0.717) is 21.9 Å². The van der Waals surface area contributed by atoms with E-state index in [2.05, 4.69) is 10.5 Å². The molecule has 1 fully saturated rings. The van der Waals surface area contributed by atoms with Crippen LogP contribution in [0.1, 0.15) is 12.5 Å². The van der Waals surface area contributed by atoms with Crippen molar-refractivity contribution in [1.82, 2.24) is 10.2 Å². The van der Waals surface area contributed by atoms with Gasteiger partial charge in [0.2, 0.25) is 0 Å². The summed E-state index contributed by atoms with van der Waals surface area (Å²) in [6.07, 6.45) is 0. The monoisotopic (exact) mass is 459 g/mol. The molecule has 0 aromatic heterocycles. The van der Waals surface area contributed by atoms with E-state index < -0.39 is 29.2 Å². The summed E-state index contributed by atoms with van der Waals surface area (Å²) in [7, 11) is 1.32. The van der Waals surface area contributed by atoms with Crippen LogP contribution < -0.4 is 5.32 Å². The number of benzene rings is 2. The van der Waals surface area contributed by atoms with E-state index in [1.165, 1.54) is 23.8 Å². The molecule has 2 heterocycles. The van der Waals surface area contributed by atoms with Gasteiger partial charge in [-0.25, -0.2) is 4.79 Å². The highest BCUT2D eigenvalue weighted by molar-refractivity contribution is 8.00. The number of aliphatic carboxylic acids is 1. The van der Waals surface area contributed by atoms with Crippen molar-refractivity contribution in [3.05, 3.63) is 58.3 Å². The average Bonchev–Trinajstić information content (AvgIpc) is 2.75. The first-order chi connectivity index (χ1) is 14.8. The number of rotatable bonds is 5. The number of thioether (sulfide) groups is 1. The Morgan fingerprint density at radius 3 is 2.81 bits per heavy atom. The summed E-state index contributed by atoms with van der Waals surface area (Å²) in [6.45, 7) is 1.68. The van der Waals surface area contributed by atoms with Crippen molar-refractivity contribution in [2.75, 3.05) is 12.9 Å². The minimum absolute atomic E-state index is 0.0124. The van der Waals surface area contributed by atoms with Gasteiger partial charge in [-0.1, -0.05) is 41.0 Å². The van der Waals surface area contributed by atoms with Gasteiger partial charge in [-0.15, -0.1) is 11.8 Å². The Morgan fingerprint density at radius 2 is 2.10 bits per heavy atom. The van der Waals surface area contributed by atoms with Crippen LogP contribution in [0.2, 0.25) is 5.02 Å². The van der Waals surface area contributed by atoms with Crippen LogP contribution in [-0.2, 0) is 19.2 Å². The number of carboxylic acid groups (broad SMARTS) is 1. The lowest BCUT2D eigenvalue weighted by Crippen LogP contribution is -2.71. The van der Waals surface area contributed by atoms with E-state index in [1.54, 1.807) is 25.1 Å². The first-order valence-electron chi connectivity index (χ1n) is 9.32. The van der Waals surface area contributed by atoms with Gasteiger partial charge in [0.25, 0.3) is 11.8 Å². The number of carboxylic acids is 1. The fourth-order valence-corrected chi connectivity index (χ4v) is 5.21. The second-order valence-electron chi connectivity index (χ2n) is 7.09. The number of carbonyl (C=O) groups is 3. The number of hydrogen-bond acceptors (Lipinski definition) is 6. The summed E-state index contributed by atoms with van der Waals surface area (Å²) in [5.41, 5.74) is 1.05. The van der Waals surface area contributed by atoms with Crippen molar-refractivity contribution in [2.24, 2.45) is 5.16 Å². The van der Waals surface area contributed by atoms with E-state index in [1.807, 2.05) is 18.2 Å². The van der Waals surface area contributed by atoms with Gasteiger partial charge in [0.05, 0.1) is 0 Å². The molecule has 0 bridgehead atoms. The van der Waals surface area contributed by atoms with Gasteiger partial charge in [0.1, 0.15) is 24.2 Å². The number of nitrogens with zero attached hydrogens (tertiary/aromatic N) is 2. The van der Waals surface area contributed by atoms with Gasteiger partial charge in [0.15, 0.2) is 5.71 Å². The standard InChI is InChI=1S/C21H18ClN3O5S/c1-10-9-31-20-16(19(27)25(20)17(10)21(28)29)23-18(26)15(24-30-2)12-7-6-11-4-3-5-14(22)13(11)8-12/h3-8,16,20H,9H2,1-2H3,(H,23,26)(H,28,29)/b24-15+/t16?,20-/m1/s1. The van der Waals surface area contributed by atoms with Gasteiger partial charge < -0.3 is 15.3 Å². The Kier molecular flexibility index (Phi) is 5.63. The zero-order valence-corrected chi connectivity index (χ0v) is 18.2. The molecule has 2 N–H and O–H groups in total. The molecule has 2 atom stereocenters. The zero-order chi connectivity index (χ0) is 22.3. The molecule has 0 spiro atoms. The zero-order valence-electron chi connectivity index (χ0n) is 16.6. The fourth-order valence-electron chi connectivity index (χ4n) is 3.68. The first kappa shape index (κ1) is 21.2. The maximum atomic E-state index is 13.0. The van der Waals surface area contributed by atoms with E-state index in [-0.39, 0.29) is 11.4 Å². The smallest absolute Gasteiger partial charge is 0.352 e. The van der Waals surface area contributed by atoms with Crippen LogP contribution in [-0.4, -0.2) is 57.8 Å². The normalized spacial score (nSPS) is 20.9. The highest BCUT2D eigenvalue weighted by Crippen LogP contribution is 2.40. The fraction of sp³-hybridized carbons (Fsp3) is 0.238. The predicted molar refractivity (Wildman–Crippen MR) is 118 cm³/mol. The minimum atomic E-state index is -1.16. The molecule has 10 heteroatoms. The summed E-state index contributed by atoms with van der Waals surface area (Å²) in [5.74, 6) is -1.77. The Hall–Kier alpha value is -3.04. The van der Waals surface area contributed by atoms with Crippen LogP contribution in [0, 0.1) is 0 Å². The molecule has 4 rings (SSSR count). The number of β-lactam (4-membered cyclic amide) rings is 1. The number of oxime groups is 1. The predicted octanol–water partition coefficient (Wildman–Crippen LogP) is 2.60. The molecular weight excluding hydrogens is 442 g/mol. The van der Waals surface area contributed by atoms with Gasteiger partial charge in [-0.2, -0.15) is 0 Å². The molecule has 31 heavy (non-hydrogen) atoms. The van der Waals surface area contributed by atoms with Crippen molar-refractivity contribution in [2.45, 2.75) is 18.3 Å². The second kappa shape index (κ2) is 8.24. The number of amides is 2. The third-order valence-corrected chi connectivity index (χ3v) is 6.90. The molecular formula is C21H18ClN3O5S. The Morgan fingerprint density at radius 1 is 1.32 bits per heavy atom. The Labute approximate surface area is 186 Å². The van der Waals surface area contributed by atoms with Gasteiger partial charge >= 0.3 is 5.97 Å². The molecule has 0 radical (unpaired) electrons. The summed E-state index contributed by atoms with van der Waals surface area (Å²) in [4.78, 5) is 43.3. The summed E-state index contributed by atoms with van der Waals surface area (Å²) in [6, 6.07) is 9.89. The molecule has 2 aromatic rings. The molecule has 2 aliphatic heterocycles. The summed E-state index contributed by atoms with van der Waals surface area (Å²) in [5, 5.41) is 17.7. The lowest BCUT2D eigenvalue weighted by molar-refractivity contribution is -0.150. The van der Waals surface area contributed by atoms with Crippen molar-refractivity contribution in [1.29, 1.82) is 0 Å². The van der Waals surface area contributed by atoms with Gasteiger partial charge in [0, 0.05) is 21.7 Å². The molecule has 1 unspecified atom stereocenters. The largest absolute Gasteiger partial charge is 0.477 e. The van der Waals surface area contributed by atoms with Crippen molar-refractivity contribution in [3.63, 3.8) is 0 Å². The second-order valence-corrected chi connectivity index (χ2v) is 8.61. The van der Waals surface area contributed by atoms with Crippen LogP contribution in [0.15, 0.2) is 52.8 Å². The Bertz CT molecular complexity index is 1180. The maximum absolute atomic E-state index is 13.0. The highest BCUT2D eigenvalue weighted by atomic mass is 35.5. The van der Waals surface area contributed by atoms with Crippen LogP contribution in [0.5, 0.6) is 0 Å². The first-order valence-corrected chi connectivity index (χ1v) is 10.7. The van der Waals surface area contributed by atoms with Crippen molar-refractivity contribution >= 4 is 57.6 Å². The molecule has 2 amide bonds. The molecule has 0 saturated carbocycles. The number of halogens is 1. The van der Waals surface area contributed by atoms with Crippen LogP contribution in [0.4, 0.5) is 0 Å². The van der Waals surface area contributed by atoms with E-state index in [0.717, 1.165) is 10.8 Å². The maximum Gasteiger partial charge on any atom is 0.352 e. The summed E-state index contributed by atoms with van der Waals surface area (Å²) >= 11 is 7.68. The summed E-state index contributed by atoms with van der Waals surface area (Å²) < 4.78 is 0. The molecule has 8 nitrogen and oxygen atoms in total. The van der Waals surface area contributed by atoms with Crippen LogP contribution >= 0.6 is 23.4 Å². The van der Waals surface area contributed by atoms with E-state index >= 15 is 0 Å². The number of fused-ring (bicyclic) bond motifs is 2. The van der Waals surface area contributed by atoms with Crippen LogP contribution in [0.3, 0.4) is 0 Å². The van der Waals surface area contributed by atoms with Crippen molar-refractivity contribution in [3.8, 4) is 0 Å². The molecule has 2 aliphatic rings. The molecule has 2 aromatic carbocycles. The SMILES string of the molecule is CO/N=C(/C(=O)NC1C(=O)N2C(C(=O)O)=C(C)CS[C@H]12)c1ccc2cccc(Cl)c2c1. The minimum Gasteiger partial charge on any atom is -0.477 e. The third-order valence-electron chi connectivity index (χ3n) is 5.15. The molecule has 1 saturated heterocycles. The van der Waals surface area contributed by atoms with Crippen LogP contribution in [0.25, 0.3) is 10.8 Å². The average molecular weight is 460 g/mol. The topological polar surface area (TPSA) is 108 Å². The van der Waals surface area contributed by atoms with Gasteiger partial charge in [-0.05, 0) is 30.0 Å². The molecule has 160 valence electrons. The Balaban J connectivity index is 1.59. The van der Waals surface area contributed by atoms with Gasteiger partial charge in [-0.3, -0.25) is 14.5 Å². The quantitative estimate of drug-likeness (QED) is 0.404. The van der Waals surface area contributed by atoms with E-state index in [4.69, 9.17) is 16.4 Å². The molecule has 0 aliphatic carbocycles. The highest BCUT2D eigenvalue weighted by Gasteiger charge is 2.54.